The van der Waals surface area contributed by atoms with E-state index in [1.165, 1.54) is 11.8 Å². The molecule has 1 aliphatic rings. The molecule has 0 unspecified atom stereocenters. The Morgan fingerprint density at radius 2 is 2.19 bits per heavy atom. The van der Waals surface area contributed by atoms with Crippen molar-refractivity contribution in [1.29, 1.82) is 0 Å². The molecule has 6 nitrogen and oxygen atoms in total. The van der Waals surface area contributed by atoms with Crippen molar-refractivity contribution in [3.8, 4) is 11.4 Å². The number of cyclic esters (lactones) is 1. The molecule has 8 heteroatoms. The van der Waals surface area contributed by atoms with Gasteiger partial charge in [-0.05, 0) is 24.3 Å². The molecule has 0 aliphatic carbocycles. The smallest absolute Gasteiger partial charge is 0.409 e. The number of carbonyl (C=O) groups excluding carboxylic acids is 1. The summed E-state index contributed by atoms with van der Waals surface area (Å²) in [5.74, 6) is 1.43. The summed E-state index contributed by atoms with van der Waals surface area (Å²) in [7, 11) is 0. The first kappa shape index (κ1) is 14.2. The highest BCUT2D eigenvalue weighted by Gasteiger charge is 2.21. The van der Waals surface area contributed by atoms with Crippen molar-refractivity contribution in [2.24, 2.45) is 0 Å². The molecule has 2 aromatic rings. The van der Waals surface area contributed by atoms with Gasteiger partial charge in [-0.1, -0.05) is 23.4 Å². The fourth-order valence-corrected chi connectivity index (χ4v) is 2.81. The molecule has 1 fully saturated rings. The van der Waals surface area contributed by atoms with Gasteiger partial charge in [0.05, 0.1) is 6.54 Å². The molecule has 1 aromatic heterocycles. The van der Waals surface area contributed by atoms with Crippen LogP contribution in [0.4, 0.5) is 4.79 Å². The average Bonchev–Trinajstić information content (AvgIpc) is 3.10. The number of benzene rings is 1. The second-order valence-electron chi connectivity index (χ2n) is 4.42. The van der Waals surface area contributed by atoms with Gasteiger partial charge in [-0.25, -0.2) is 9.78 Å². The minimum atomic E-state index is -0.243. The minimum absolute atomic E-state index is 0.243. The molecular weight excluding hydrogens is 312 g/mol. The maximum atomic E-state index is 11.3. The van der Waals surface area contributed by atoms with Gasteiger partial charge in [-0.3, -0.25) is 5.10 Å². The lowest BCUT2D eigenvalue weighted by Gasteiger charge is -2.10. The van der Waals surface area contributed by atoms with Gasteiger partial charge in [0.2, 0.25) is 5.16 Å². The van der Waals surface area contributed by atoms with Crippen molar-refractivity contribution in [3.63, 3.8) is 0 Å². The Bertz CT molecular complexity index is 631. The van der Waals surface area contributed by atoms with Crippen LogP contribution in [-0.2, 0) is 4.74 Å². The Kier molecular flexibility index (Phi) is 4.31. The molecule has 110 valence electrons. The van der Waals surface area contributed by atoms with Crippen molar-refractivity contribution in [1.82, 2.24) is 20.1 Å². The Morgan fingerprint density at radius 3 is 2.90 bits per heavy atom. The average molecular weight is 325 g/mol. The Labute approximate surface area is 130 Å². The standard InChI is InChI=1S/C13H13ClN4O2S/c14-10-3-1-9(2-4-10)11-15-12(17-16-11)21-8-6-18-5-7-20-13(18)19/h1-4H,5-8H2,(H,15,16,17). The first-order valence-electron chi connectivity index (χ1n) is 6.45. The molecule has 0 bridgehead atoms. The van der Waals surface area contributed by atoms with E-state index in [0.29, 0.717) is 35.7 Å². The minimum Gasteiger partial charge on any atom is -0.448 e. The van der Waals surface area contributed by atoms with Gasteiger partial charge in [0, 0.05) is 22.9 Å². The molecule has 0 saturated carbocycles. The summed E-state index contributed by atoms with van der Waals surface area (Å²) in [6.07, 6.45) is -0.243. The first-order chi connectivity index (χ1) is 10.2. The summed E-state index contributed by atoms with van der Waals surface area (Å²) in [5.41, 5.74) is 0.932. The SMILES string of the molecule is O=C1OCCN1CCSc1n[nH]c(-c2ccc(Cl)cc2)n1. The molecule has 1 saturated heterocycles. The van der Waals surface area contributed by atoms with Crippen molar-refractivity contribution in [3.05, 3.63) is 29.3 Å². The van der Waals surface area contributed by atoms with Gasteiger partial charge in [0.25, 0.3) is 0 Å². The summed E-state index contributed by atoms with van der Waals surface area (Å²) in [6, 6.07) is 7.39. The van der Waals surface area contributed by atoms with E-state index >= 15 is 0 Å². The normalized spacial score (nSPS) is 14.5. The number of rotatable bonds is 5. The van der Waals surface area contributed by atoms with E-state index in [4.69, 9.17) is 16.3 Å². The second-order valence-corrected chi connectivity index (χ2v) is 5.92. The second kappa shape index (κ2) is 6.36. The van der Waals surface area contributed by atoms with Crippen molar-refractivity contribution in [2.75, 3.05) is 25.4 Å². The molecule has 2 heterocycles. The third-order valence-corrected chi connectivity index (χ3v) is 4.10. The third-order valence-electron chi connectivity index (χ3n) is 3.02. The van der Waals surface area contributed by atoms with Gasteiger partial charge in [-0.2, -0.15) is 0 Å². The van der Waals surface area contributed by atoms with E-state index in [0.717, 1.165) is 11.3 Å². The highest BCUT2D eigenvalue weighted by Crippen LogP contribution is 2.21. The lowest BCUT2D eigenvalue weighted by molar-refractivity contribution is 0.160. The summed E-state index contributed by atoms with van der Waals surface area (Å²) in [6.45, 7) is 1.77. The number of nitrogens with zero attached hydrogens (tertiary/aromatic N) is 3. The summed E-state index contributed by atoms with van der Waals surface area (Å²) in [4.78, 5) is 17.4. The number of aromatic nitrogens is 3. The van der Waals surface area contributed by atoms with E-state index in [9.17, 15) is 4.79 Å². The van der Waals surface area contributed by atoms with Crippen LogP contribution in [0.3, 0.4) is 0 Å². The molecule has 0 atom stereocenters. The largest absolute Gasteiger partial charge is 0.448 e. The van der Waals surface area contributed by atoms with Crippen LogP contribution in [0, 0.1) is 0 Å². The maximum absolute atomic E-state index is 11.3. The molecule has 1 aliphatic heterocycles. The fourth-order valence-electron chi connectivity index (χ4n) is 1.92. The van der Waals surface area contributed by atoms with Gasteiger partial charge in [0.15, 0.2) is 5.82 Å². The lowest BCUT2D eigenvalue weighted by Crippen LogP contribution is -2.26. The quantitative estimate of drug-likeness (QED) is 0.856. The predicted molar refractivity (Wildman–Crippen MR) is 80.5 cm³/mol. The van der Waals surface area contributed by atoms with Crippen molar-refractivity contribution < 1.29 is 9.53 Å². The van der Waals surface area contributed by atoms with Gasteiger partial charge in [-0.15, -0.1) is 5.10 Å². The van der Waals surface area contributed by atoms with Crippen LogP contribution in [0.2, 0.25) is 5.02 Å². The van der Waals surface area contributed by atoms with Crippen LogP contribution in [-0.4, -0.2) is 51.6 Å². The third kappa shape index (κ3) is 3.48. The van der Waals surface area contributed by atoms with Crippen LogP contribution >= 0.6 is 23.4 Å². The van der Waals surface area contributed by atoms with E-state index in [1.54, 1.807) is 4.90 Å². The Balaban J connectivity index is 1.55. The van der Waals surface area contributed by atoms with Crippen LogP contribution in [0.5, 0.6) is 0 Å². The zero-order valence-electron chi connectivity index (χ0n) is 11.1. The molecule has 1 aromatic carbocycles. The highest BCUT2D eigenvalue weighted by atomic mass is 35.5. The Hall–Kier alpha value is -1.73. The number of H-pyrrole nitrogens is 1. The number of halogens is 1. The molecule has 1 N–H and O–H groups in total. The number of thioether (sulfide) groups is 1. The molecule has 0 spiro atoms. The molecule has 21 heavy (non-hydrogen) atoms. The van der Waals surface area contributed by atoms with Crippen LogP contribution in [0.25, 0.3) is 11.4 Å². The van der Waals surface area contributed by atoms with Gasteiger partial charge < -0.3 is 9.64 Å². The van der Waals surface area contributed by atoms with E-state index in [2.05, 4.69) is 15.2 Å². The van der Waals surface area contributed by atoms with Crippen LogP contribution < -0.4 is 0 Å². The number of aromatic amines is 1. The number of carbonyl (C=O) groups is 1. The Morgan fingerprint density at radius 1 is 1.38 bits per heavy atom. The van der Waals surface area contributed by atoms with Crippen LogP contribution in [0.15, 0.2) is 29.4 Å². The fraction of sp³-hybridized carbons (Fsp3) is 0.308. The van der Waals surface area contributed by atoms with E-state index in [-0.39, 0.29) is 6.09 Å². The number of hydrogen-bond acceptors (Lipinski definition) is 5. The topological polar surface area (TPSA) is 71.1 Å². The van der Waals surface area contributed by atoms with Gasteiger partial charge >= 0.3 is 6.09 Å². The number of ether oxygens (including phenoxy) is 1. The summed E-state index contributed by atoms with van der Waals surface area (Å²) < 4.78 is 4.87. The number of hydrogen-bond donors (Lipinski definition) is 1. The number of amides is 1. The van der Waals surface area contributed by atoms with E-state index < -0.39 is 0 Å². The van der Waals surface area contributed by atoms with Crippen LogP contribution in [0.1, 0.15) is 0 Å². The van der Waals surface area contributed by atoms with Crippen molar-refractivity contribution in [2.45, 2.75) is 5.16 Å². The molecule has 3 rings (SSSR count). The van der Waals surface area contributed by atoms with E-state index in [1.807, 2.05) is 24.3 Å². The first-order valence-corrected chi connectivity index (χ1v) is 7.81. The number of nitrogens with one attached hydrogen (secondary N) is 1. The lowest BCUT2D eigenvalue weighted by atomic mass is 10.2. The summed E-state index contributed by atoms with van der Waals surface area (Å²) in [5, 5.41) is 8.40. The molecular formula is C13H13ClN4O2S. The van der Waals surface area contributed by atoms with Gasteiger partial charge in [0.1, 0.15) is 6.61 Å². The zero-order valence-corrected chi connectivity index (χ0v) is 12.7. The predicted octanol–water partition coefficient (Wildman–Crippen LogP) is 2.67. The monoisotopic (exact) mass is 324 g/mol. The highest BCUT2D eigenvalue weighted by molar-refractivity contribution is 7.99. The summed E-state index contributed by atoms with van der Waals surface area (Å²) >= 11 is 7.35. The van der Waals surface area contributed by atoms with Crippen molar-refractivity contribution >= 4 is 29.5 Å². The zero-order chi connectivity index (χ0) is 14.7. The molecule has 0 radical (unpaired) electrons. The molecule has 1 amide bonds. The maximum Gasteiger partial charge on any atom is 0.409 e.